The van der Waals surface area contributed by atoms with Gasteiger partial charge in [-0.25, -0.2) is 9.78 Å². The molecule has 0 aromatic carbocycles. The van der Waals surface area contributed by atoms with E-state index in [2.05, 4.69) is 25.6 Å². The number of nitrogens with two attached hydrogens (primary N) is 4. The van der Waals surface area contributed by atoms with Gasteiger partial charge >= 0.3 is 5.97 Å². The number of carboxylic acid groups (broad SMARTS) is 1. The van der Waals surface area contributed by atoms with Gasteiger partial charge < -0.3 is 48.6 Å². The molecule has 0 bridgehead atoms. The molecule has 4 atom stereocenters. The maximum Gasteiger partial charge on any atom is 0.326 e. The van der Waals surface area contributed by atoms with Gasteiger partial charge in [-0.3, -0.25) is 19.4 Å². The number of hydrogen-bond acceptors (Lipinski definition) is 8. The third-order valence-corrected chi connectivity index (χ3v) is 6.30. The Morgan fingerprint density at radius 2 is 1.92 bits per heavy atom. The quantitative estimate of drug-likeness (QED) is 0.0625. The van der Waals surface area contributed by atoms with Crippen molar-refractivity contribution in [2.24, 2.45) is 27.9 Å². The van der Waals surface area contributed by atoms with E-state index in [0.717, 1.165) is 0 Å². The number of H-pyrrole nitrogens is 1. The smallest absolute Gasteiger partial charge is 0.326 e. The zero-order valence-electron chi connectivity index (χ0n) is 21.5. The van der Waals surface area contributed by atoms with Crippen molar-refractivity contribution in [3.05, 3.63) is 18.2 Å². The Bertz CT molecular complexity index is 950. The van der Waals surface area contributed by atoms with Crippen molar-refractivity contribution < 1.29 is 24.3 Å². The Morgan fingerprint density at radius 3 is 2.55 bits per heavy atom. The van der Waals surface area contributed by atoms with E-state index in [4.69, 9.17) is 22.9 Å². The van der Waals surface area contributed by atoms with Gasteiger partial charge in [0.15, 0.2) is 5.96 Å². The summed E-state index contributed by atoms with van der Waals surface area (Å²) in [5, 5.41) is 14.8. The molecule has 212 valence electrons. The highest BCUT2D eigenvalue weighted by molar-refractivity contribution is 5.94. The van der Waals surface area contributed by atoms with E-state index in [0.29, 0.717) is 63.9 Å². The fraction of sp³-hybridized carbons (Fsp3) is 0.652. The largest absolute Gasteiger partial charge is 0.480 e. The number of aliphatic carboxylic acids is 1. The summed E-state index contributed by atoms with van der Waals surface area (Å²) in [6.07, 6.45) is 6.19. The number of aromatic nitrogens is 2. The molecule has 2 rings (SSSR count). The van der Waals surface area contributed by atoms with Crippen LogP contribution in [0, 0.1) is 0 Å². The summed E-state index contributed by atoms with van der Waals surface area (Å²) >= 11 is 0. The number of carbonyl (C=O) groups is 4. The molecule has 0 spiro atoms. The fourth-order valence-electron chi connectivity index (χ4n) is 4.28. The first-order valence-corrected chi connectivity index (χ1v) is 12.8. The van der Waals surface area contributed by atoms with E-state index in [1.165, 1.54) is 17.4 Å². The lowest BCUT2D eigenvalue weighted by Gasteiger charge is -2.28. The number of nitrogens with one attached hydrogen (secondary N) is 3. The Labute approximate surface area is 221 Å². The summed E-state index contributed by atoms with van der Waals surface area (Å²) in [5.74, 6) is -2.74. The Morgan fingerprint density at radius 1 is 1.16 bits per heavy atom. The molecule has 0 unspecified atom stereocenters. The van der Waals surface area contributed by atoms with Gasteiger partial charge in [-0.05, 0) is 51.5 Å². The van der Waals surface area contributed by atoms with Crippen molar-refractivity contribution in [3.8, 4) is 0 Å². The normalized spacial score (nSPS) is 17.3. The highest BCUT2D eigenvalue weighted by Crippen LogP contribution is 2.20. The minimum Gasteiger partial charge on any atom is -0.480 e. The number of guanidine groups is 1. The van der Waals surface area contributed by atoms with Crippen LogP contribution in [0.2, 0.25) is 0 Å². The zero-order valence-corrected chi connectivity index (χ0v) is 21.5. The summed E-state index contributed by atoms with van der Waals surface area (Å²) in [4.78, 5) is 63.0. The number of carbonyl (C=O) groups excluding carboxylic acids is 3. The van der Waals surface area contributed by atoms with Crippen LogP contribution < -0.4 is 33.6 Å². The summed E-state index contributed by atoms with van der Waals surface area (Å²) in [6.45, 7) is 1.12. The molecule has 38 heavy (non-hydrogen) atoms. The molecule has 2 heterocycles. The number of imidazole rings is 1. The molecule has 1 fully saturated rings. The summed E-state index contributed by atoms with van der Waals surface area (Å²) in [7, 11) is 0. The number of likely N-dealkylation sites (tertiary alicyclic amines) is 1. The van der Waals surface area contributed by atoms with Crippen molar-refractivity contribution in [1.29, 1.82) is 0 Å². The number of rotatable bonds is 16. The number of hydrogen-bond donors (Lipinski definition) is 8. The van der Waals surface area contributed by atoms with Crippen LogP contribution in [0.3, 0.4) is 0 Å². The second-order valence-corrected chi connectivity index (χ2v) is 9.27. The van der Waals surface area contributed by atoms with Gasteiger partial charge in [-0.2, -0.15) is 0 Å². The highest BCUT2D eigenvalue weighted by Gasteiger charge is 2.37. The number of carboxylic acids is 1. The van der Waals surface area contributed by atoms with Crippen LogP contribution in [0.1, 0.15) is 50.6 Å². The molecule has 1 saturated heterocycles. The van der Waals surface area contributed by atoms with Crippen molar-refractivity contribution in [1.82, 2.24) is 25.5 Å². The van der Waals surface area contributed by atoms with Gasteiger partial charge in [0.05, 0.1) is 12.4 Å². The molecule has 0 aliphatic carbocycles. The van der Waals surface area contributed by atoms with E-state index >= 15 is 0 Å². The maximum atomic E-state index is 13.2. The van der Waals surface area contributed by atoms with Crippen molar-refractivity contribution in [2.45, 2.75) is 75.5 Å². The first-order valence-electron chi connectivity index (χ1n) is 12.8. The van der Waals surface area contributed by atoms with Gasteiger partial charge in [0.25, 0.3) is 0 Å². The lowest BCUT2D eigenvalue weighted by Crippen LogP contribution is -2.56. The van der Waals surface area contributed by atoms with Crippen molar-refractivity contribution >= 4 is 29.7 Å². The second-order valence-electron chi connectivity index (χ2n) is 9.27. The highest BCUT2D eigenvalue weighted by atomic mass is 16.4. The minimum absolute atomic E-state index is 0.00346. The fourth-order valence-corrected chi connectivity index (χ4v) is 4.28. The molecule has 0 saturated carbocycles. The number of aromatic amines is 1. The third-order valence-electron chi connectivity index (χ3n) is 6.30. The predicted molar refractivity (Wildman–Crippen MR) is 139 cm³/mol. The van der Waals surface area contributed by atoms with Gasteiger partial charge in [-0.1, -0.05) is 0 Å². The summed E-state index contributed by atoms with van der Waals surface area (Å²) in [6, 6.07) is -3.82. The maximum absolute atomic E-state index is 13.2. The Balaban J connectivity index is 2.04. The lowest BCUT2D eigenvalue weighted by atomic mass is 10.1. The average molecular weight is 537 g/mol. The van der Waals surface area contributed by atoms with Gasteiger partial charge in [-0.15, -0.1) is 0 Å². The molecule has 15 nitrogen and oxygen atoms in total. The van der Waals surface area contributed by atoms with Crippen LogP contribution in [0.5, 0.6) is 0 Å². The summed E-state index contributed by atoms with van der Waals surface area (Å²) in [5.41, 5.74) is 22.8. The number of aliphatic imine (C=N–C) groups is 1. The van der Waals surface area contributed by atoms with Crippen LogP contribution in [-0.4, -0.2) is 93.4 Å². The Kier molecular flexibility index (Phi) is 12.5. The molecular formula is C23H40N10O5. The van der Waals surface area contributed by atoms with E-state index in [-0.39, 0.29) is 24.7 Å². The van der Waals surface area contributed by atoms with Crippen LogP contribution in [0.25, 0.3) is 0 Å². The molecule has 1 aromatic heterocycles. The average Bonchev–Trinajstić information content (AvgIpc) is 3.57. The number of nitrogens with zero attached hydrogens (tertiary/aromatic N) is 3. The van der Waals surface area contributed by atoms with Crippen LogP contribution in [-0.2, 0) is 25.6 Å². The SMILES string of the molecule is NCCCC[C@H](NC(=O)[C@@H]1CCCN1C(=O)[C@@H](N)CCCN=C(N)N)C(=O)N[C@@H](Cc1cnc[nH]1)C(=O)O. The molecule has 1 aliphatic heterocycles. The number of amides is 3. The molecule has 3 amide bonds. The lowest BCUT2D eigenvalue weighted by molar-refractivity contribution is -0.143. The Hall–Kier alpha value is -3.72. The van der Waals surface area contributed by atoms with Crippen LogP contribution in [0.4, 0.5) is 0 Å². The minimum atomic E-state index is -1.22. The van der Waals surface area contributed by atoms with Gasteiger partial charge in [0.1, 0.15) is 18.1 Å². The van der Waals surface area contributed by atoms with Crippen LogP contribution in [0.15, 0.2) is 17.5 Å². The molecular weight excluding hydrogens is 496 g/mol. The molecule has 1 aromatic rings. The van der Waals surface area contributed by atoms with E-state index in [9.17, 15) is 24.3 Å². The van der Waals surface area contributed by atoms with Gasteiger partial charge in [0.2, 0.25) is 17.7 Å². The number of unbranched alkanes of at least 4 members (excludes halogenated alkanes) is 1. The third kappa shape index (κ3) is 9.63. The van der Waals surface area contributed by atoms with E-state index < -0.39 is 42.0 Å². The van der Waals surface area contributed by atoms with E-state index in [1.807, 2.05) is 0 Å². The second kappa shape index (κ2) is 15.5. The molecule has 12 N–H and O–H groups in total. The first-order chi connectivity index (χ1) is 18.1. The van der Waals surface area contributed by atoms with Gasteiger partial charge in [0, 0.05) is 31.4 Å². The summed E-state index contributed by atoms with van der Waals surface area (Å²) < 4.78 is 0. The van der Waals surface area contributed by atoms with Crippen molar-refractivity contribution in [3.63, 3.8) is 0 Å². The zero-order chi connectivity index (χ0) is 28.1. The molecule has 0 radical (unpaired) electrons. The van der Waals surface area contributed by atoms with Crippen molar-refractivity contribution in [2.75, 3.05) is 19.6 Å². The molecule has 1 aliphatic rings. The first kappa shape index (κ1) is 30.5. The van der Waals surface area contributed by atoms with Crippen LogP contribution >= 0.6 is 0 Å². The standard InChI is InChI=1S/C23H40N10O5/c24-8-2-1-6-16(19(34)32-17(22(37)38)11-14-12-28-13-30-14)31-20(35)18-7-4-10-33(18)21(36)15(25)5-3-9-29-23(26)27/h12-13,15-18H,1-11,24-25H2,(H,28,30)(H,31,35)(H,32,34)(H,37,38)(H4,26,27,29)/t15-,16-,17-,18-/m0/s1. The molecule has 15 heteroatoms. The predicted octanol–water partition coefficient (Wildman–Crippen LogP) is -2.49. The topological polar surface area (TPSA) is 261 Å². The monoisotopic (exact) mass is 536 g/mol. The van der Waals surface area contributed by atoms with E-state index in [1.54, 1.807) is 0 Å².